The molecule has 7 heteroatoms. The Morgan fingerprint density at radius 2 is 1.96 bits per heavy atom. The largest absolute Gasteiger partial charge is 0.365 e. The van der Waals surface area contributed by atoms with Crippen LogP contribution in [0.5, 0.6) is 0 Å². The number of hydrogen-bond acceptors (Lipinski definition) is 5. The van der Waals surface area contributed by atoms with Crippen molar-refractivity contribution in [3.8, 4) is 0 Å². The van der Waals surface area contributed by atoms with Crippen LogP contribution in [-0.4, -0.2) is 49.8 Å². The number of likely N-dealkylation sites (tertiary alicyclic amines) is 1. The van der Waals surface area contributed by atoms with Crippen LogP contribution in [-0.2, 0) is 7.05 Å². The summed E-state index contributed by atoms with van der Waals surface area (Å²) in [5, 5.41) is 9.07. The zero-order valence-electron chi connectivity index (χ0n) is 14.2. The number of nitrogens with zero attached hydrogens (tertiary/aromatic N) is 5. The van der Waals surface area contributed by atoms with E-state index in [1.54, 1.807) is 11.0 Å². The van der Waals surface area contributed by atoms with Gasteiger partial charge in [0, 0.05) is 25.7 Å². The summed E-state index contributed by atoms with van der Waals surface area (Å²) in [6, 6.07) is 1.24. The minimum atomic E-state index is 0.450. The van der Waals surface area contributed by atoms with Gasteiger partial charge < -0.3 is 5.32 Å². The molecule has 1 unspecified atom stereocenters. The smallest absolute Gasteiger partial charge is 0.164 e. The van der Waals surface area contributed by atoms with E-state index in [1.165, 1.54) is 51.5 Å². The average Bonchev–Trinajstić information content (AvgIpc) is 2.91. The summed E-state index contributed by atoms with van der Waals surface area (Å²) in [5.41, 5.74) is 0.860. The Labute approximate surface area is 151 Å². The highest BCUT2D eigenvalue weighted by Gasteiger charge is 2.27. The molecule has 1 aliphatic carbocycles. The van der Waals surface area contributed by atoms with Crippen LogP contribution in [0.2, 0.25) is 0 Å². The summed E-state index contributed by atoms with van der Waals surface area (Å²) in [6.07, 6.45) is 11.0. The fraction of sp³-hybridized carbons (Fsp3) is 0.706. The van der Waals surface area contributed by atoms with Crippen LogP contribution in [0.4, 0.5) is 5.82 Å². The molecule has 1 aliphatic heterocycles. The van der Waals surface area contributed by atoms with E-state index in [9.17, 15) is 0 Å². The molecule has 0 bridgehead atoms. The average molecular weight is 393 g/mol. The molecular formula is C17H25BrN6. The number of fused-ring (bicyclic) bond motifs is 1. The van der Waals surface area contributed by atoms with Gasteiger partial charge in [0.15, 0.2) is 5.65 Å². The van der Waals surface area contributed by atoms with Crippen molar-refractivity contribution in [1.82, 2.24) is 24.6 Å². The molecule has 0 radical (unpaired) electrons. The predicted molar refractivity (Wildman–Crippen MR) is 99.1 cm³/mol. The maximum atomic E-state index is 4.49. The summed E-state index contributed by atoms with van der Waals surface area (Å²) in [6.45, 7) is 2.37. The quantitative estimate of drug-likeness (QED) is 0.867. The van der Waals surface area contributed by atoms with Crippen LogP contribution in [0, 0.1) is 0 Å². The number of halogens is 1. The van der Waals surface area contributed by atoms with Gasteiger partial charge in [0.1, 0.15) is 16.7 Å². The first-order valence-corrected chi connectivity index (χ1v) is 9.85. The van der Waals surface area contributed by atoms with E-state index in [-0.39, 0.29) is 0 Å². The Balaban J connectivity index is 1.51. The third-order valence-corrected chi connectivity index (χ3v) is 6.02. The van der Waals surface area contributed by atoms with Gasteiger partial charge in [-0.2, -0.15) is 5.10 Å². The number of hydrogen-bond donors (Lipinski definition) is 1. The number of anilines is 1. The van der Waals surface area contributed by atoms with E-state index >= 15 is 0 Å². The summed E-state index contributed by atoms with van der Waals surface area (Å²) in [5.74, 6) is 0.899. The van der Waals surface area contributed by atoms with E-state index in [2.05, 4.69) is 41.2 Å². The minimum Gasteiger partial charge on any atom is -0.365 e. The Bertz CT molecular complexity index is 708. The van der Waals surface area contributed by atoms with Crippen molar-refractivity contribution in [1.29, 1.82) is 0 Å². The molecule has 0 amide bonds. The molecule has 2 aliphatic rings. The van der Waals surface area contributed by atoms with Gasteiger partial charge in [0.05, 0.1) is 5.39 Å². The molecule has 0 aromatic carbocycles. The molecule has 24 heavy (non-hydrogen) atoms. The molecule has 1 saturated heterocycles. The van der Waals surface area contributed by atoms with E-state index in [0.717, 1.165) is 34.0 Å². The number of aromatic nitrogens is 4. The highest BCUT2D eigenvalue weighted by Crippen LogP contribution is 2.29. The van der Waals surface area contributed by atoms with Crippen molar-refractivity contribution in [2.24, 2.45) is 7.05 Å². The number of rotatable bonds is 3. The Kier molecular flexibility index (Phi) is 4.72. The van der Waals surface area contributed by atoms with Gasteiger partial charge >= 0.3 is 0 Å². The van der Waals surface area contributed by atoms with Gasteiger partial charge in [0.25, 0.3) is 0 Å². The SMILES string of the molecule is Cn1nc(Br)c2c(NC3CCCN(C4CCCCC4)C3)ncnc21. The van der Waals surface area contributed by atoms with Crippen LogP contribution < -0.4 is 5.32 Å². The molecule has 0 spiro atoms. The van der Waals surface area contributed by atoms with Gasteiger partial charge in [-0.1, -0.05) is 19.3 Å². The second-order valence-corrected chi connectivity index (χ2v) is 7.86. The molecule has 130 valence electrons. The first-order chi connectivity index (χ1) is 11.7. The standard InChI is InChI=1S/C17H25BrN6/c1-23-17-14(15(18)22-23)16(19-11-20-17)21-12-6-5-9-24(10-12)13-7-3-2-4-8-13/h11-13H,2-10H2,1H3,(H,19,20,21). The molecule has 2 aromatic rings. The summed E-state index contributed by atoms with van der Waals surface area (Å²) in [7, 11) is 1.91. The highest BCUT2D eigenvalue weighted by atomic mass is 79.9. The lowest BCUT2D eigenvalue weighted by molar-refractivity contribution is 0.124. The molecule has 3 heterocycles. The first kappa shape index (κ1) is 16.3. The summed E-state index contributed by atoms with van der Waals surface area (Å²) in [4.78, 5) is 11.5. The fourth-order valence-electron chi connectivity index (χ4n) is 4.25. The molecule has 1 atom stereocenters. The zero-order valence-corrected chi connectivity index (χ0v) is 15.8. The second-order valence-electron chi connectivity index (χ2n) is 7.11. The van der Waals surface area contributed by atoms with Crippen molar-refractivity contribution < 1.29 is 0 Å². The topological polar surface area (TPSA) is 58.9 Å². The lowest BCUT2D eigenvalue weighted by atomic mass is 9.92. The third-order valence-electron chi connectivity index (χ3n) is 5.46. The Morgan fingerprint density at radius 1 is 1.12 bits per heavy atom. The van der Waals surface area contributed by atoms with Crippen LogP contribution in [0.25, 0.3) is 11.0 Å². The first-order valence-electron chi connectivity index (χ1n) is 9.06. The summed E-state index contributed by atoms with van der Waals surface area (Å²) < 4.78 is 2.60. The third kappa shape index (κ3) is 3.16. The molecule has 4 rings (SSSR count). The Morgan fingerprint density at radius 3 is 2.79 bits per heavy atom. The molecule has 1 N–H and O–H groups in total. The summed E-state index contributed by atoms with van der Waals surface area (Å²) >= 11 is 3.55. The molecular weight excluding hydrogens is 368 g/mol. The van der Waals surface area contributed by atoms with Crippen LogP contribution in [0.3, 0.4) is 0 Å². The van der Waals surface area contributed by atoms with Crippen LogP contribution in [0.1, 0.15) is 44.9 Å². The number of piperidine rings is 1. The molecule has 2 aromatic heterocycles. The second kappa shape index (κ2) is 6.96. The van der Waals surface area contributed by atoms with Crippen molar-refractivity contribution in [2.75, 3.05) is 18.4 Å². The zero-order chi connectivity index (χ0) is 16.5. The van der Waals surface area contributed by atoms with Crippen molar-refractivity contribution >= 4 is 32.8 Å². The maximum absolute atomic E-state index is 4.49. The van der Waals surface area contributed by atoms with Crippen LogP contribution >= 0.6 is 15.9 Å². The minimum absolute atomic E-state index is 0.450. The van der Waals surface area contributed by atoms with Gasteiger partial charge in [-0.25, -0.2) is 14.6 Å². The van der Waals surface area contributed by atoms with Crippen molar-refractivity contribution in [3.05, 3.63) is 10.9 Å². The van der Waals surface area contributed by atoms with Gasteiger partial charge in [-0.3, -0.25) is 4.90 Å². The molecule has 1 saturated carbocycles. The van der Waals surface area contributed by atoms with Crippen LogP contribution in [0.15, 0.2) is 10.9 Å². The van der Waals surface area contributed by atoms with Gasteiger partial charge in [0.2, 0.25) is 0 Å². The normalized spacial score (nSPS) is 23.7. The lowest BCUT2D eigenvalue weighted by Crippen LogP contribution is -2.47. The highest BCUT2D eigenvalue weighted by molar-refractivity contribution is 9.10. The fourth-order valence-corrected chi connectivity index (χ4v) is 4.85. The maximum Gasteiger partial charge on any atom is 0.164 e. The number of aryl methyl sites for hydroxylation is 1. The van der Waals surface area contributed by atoms with Gasteiger partial charge in [-0.05, 0) is 48.2 Å². The number of nitrogens with one attached hydrogen (secondary N) is 1. The van der Waals surface area contributed by atoms with Gasteiger partial charge in [-0.15, -0.1) is 0 Å². The van der Waals surface area contributed by atoms with E-state index in [0.29, 0.717) is 6.04 Å². The lowest BCUT2D eigenvalue weighted by Gasteiger charge is -2.40. The molecule has 2 fully saturated rings. The monoisotopic (exact) mass is 392 g/mol. The van der Waals surface area contributed by atoms with Crippen molar-refractivity contribution in [2.45, 2.75) is 57.0 Å². The predicted octanol–water partition coefficient (Wildman–Crippen LogP) is 3.33. The Hall–Kier alpha value is -1.21. The van der Waals surface area contributed by atoms with E-state index in [1.807, 2.05) is 7.05 Å². The van der Waals surface area contributed by atoms with E-state index in [4.69, 9.17) is 0 Å². The molecule has 6 nitrogen and oxygen atoms in total. The van der Waals surface area contributed by atoms with Crippen molar-refractivity contribution in [3.63, 3.8) is 0 Å². The van der Waals surface area contributed by atoms with E-state index < -0.39 is 0 Å².